The summed E-state index contributed by atoms with van der Waals surface area (Å²) in [5.74, 6) is -0.0528. The summed E-state index contributed by atoms with van der Waals surface area (Å²) < 4.78 is 0. The number of thiocarbonyl (C=S) groups is 1. The Kier molecular flexibility index (Phi) is 4.53. The van der Waals surface area contributed by atoms with Crippen molar-refractivity contribution < 1.29 is 4.79 Å². The van der Waals surface area contributed by atoms with Crippen molar-refractivity contribution in [3.63, 3.8) is 0 Å². The highest BCUT2D eigenvalue weighted by Gasteiger charge is 2.18. The molecule has 1 amide bonds. The molecule has 1 atom stereocenters. The lowest BCUT2D eigenvalue weighted by molar-refractivity contribution is 0.0788. The Labute approximate surface area is 130 Å². The predicted octanol–water partition coefficient (Wildman–Crippen LogP) is 2.54. The van der Waals surface area contributed by atoms with Crippen LogP contribution in [0, 0.1) is 12.8 Å². The average molecular weight is 301 g/mol. The minimum Gasteiger partial charge on any atom is -0.393 e. The van der Waals surface area contributed by atoms with E-state index in [1.54, 1.807) is 11.9 Å². The topological polar surface area (TPSA) is 59.2 Å². The van der Waals surface area contributed by atoms with Crippen molar-refractivity contribution in [2.45, 2.75) is 13.8 Å². The van der Waals surface area contributed by atoms with Crippen LogP contribution in [-0.4, -0.2) is 34.4 Å². The third kappa shape index (κ3) is 3.36. The maximum atomic E-state index is 12.7. The first kappa shape index (κ1) is 15.4. The Morgan fingerprint density at radius 3 is 2.76 bits per heavy atom. The van der Waals surface area contributed by atoms with E-state index in [1.807, 2.05) is 44.2 Å². The van der Waals surface area contributed by atoms with Gasteiger partial charge in [-0.05, 0) is 19.1 Å². The van der Waals surface area contributed by atoms with Crippen LogP contribution in [0.3, 0.4) is 0 Å². The van der Waals surface area contributed by atoms with Crippen molar-refractivity contribution in [1.82, 2.24) is 9.88 Å². The Morgan fingerprint density at radius 1 is 1.43 bits per heavy atom. The second-order valence-corrected chi connectivity index (χ2v) is 5.79. The molecule has 0 aliphatic carbocycles. The second kappa shape index (κ2) is 6.18. The molecule has 4 nitrogen and oxygen atoms in total. The highest BCUT2D eigenvalue weighted by Crippen LogP contribution is 2.19. The number of amides is 1. The largest absolute Gasteiger partial charge is 0.393 e. The van der Waals surface area contributed by atoms with Crippen molar-refractivity contribution in [2.75, 3.05) is 13.6 Å². The molecule has 1 heterocycles. The van der Waals surface area contributed by atoms with Gasteiger partial charge >= 0.3 is 0 Å². The Hall–Kier alpha value is -2.01. The zero-order valence-corrected chi connectivity index (χ0v) is 13.3. The number of hydrogen-bond donors (Lipinski definition) is 1. The normalized spacial score (nSPS) is 12.1. The number of carbonyl (C=O) groups excluding carboxylic acids is 1. The van der Waals surface area contributed by atoms with Gasteiger partial charge in [0.05, 0.1) is 16.1 Å². The number of para-hydroxylation sites is 1. The zero-order chi connectivity index (χ0) is 15.6. The van der Waals surface area contributed by atoms with Gasteiger partial charge in [0, 0.05) is 30.6 Å². The number of nitrogens with two attached hydrogens (primary N) is 1. The number of hydrogen-bond acceptors (Lipinski definition) is 3. The summed E-state index contributed by atoms with van der Waals surface area (Å²) >= 11 is 4.97. The third-order valence-electron chi connectivity index (χ3n) is 3.45. The average Bonchev–Trinajstić information content (AvgIpc) is 2.45. The minimum atomic E-state index is -0.0419. The van der Waals surface area contributed by atoms with E-state index in [9.17, 15) is 4.79 Å². The number of carbonyl (C=O) groups is 1. The molecule has 1 unspecified atom stereocenters. The highest BCUT2D eigenvalue weighted by atomic mass is 32.1. The van der Waals surface area contributed by atoms with Gasteiger partial charge in [0.1, 0.15) is 0 Å². The fourth-order valence-corrected chi connectivity index (χ4v) is 2.35. The van der Waals surface area contributed by atoms with Crippen LogP contribution in [-0.2, 0) is 0 Å². The Bertz CT molecular complexity index is 699. The van der Waals surface area contributed by atoms with E-state index in [0.717, 1.165) is 16.6 Å². The summed E-state index contributed by atoms with van der Waals surface area (Å²) in [7, 11) is 1.77. The van der Waals surface area contributed by atoms with E-state index in [1.165, 1.54) is 0 Å². The SMILES string of the molecule is Cc1cc(C(=O)N(C)CC(C)C(N)=S)c2ccccc2n1. The van der Waals surface area contributed by atoms with Gasteiger partial charge in [0.15, 0.2) is 0 Å². The van der Waals surface area contributed by atoms with Gasteiger partial charge in [-0.2, -0.15) is 0 Å². The van der Waals surface area contributed by atoms with Gasteiger partial charge in [-0.25, -0.2) is 0 Å². The maximum Gasteiger partial charge on any atom is 0.254 e. The van der Waals surface area contributed by atoms with E-state index >= 15 is 0 Å². The van der Waals surface area contributed by atoms with Gasteiger partial charge < -0.3 is 10.6 Å². The van der Waals surface area contributed by atoms with Crippen molar-refractivity contribution in [1.29, 1.82) is 0 Å². The van der Waals surface area contributed by atoms with Crippen LogP contribution in [0.1, 0.15) is 23.0 Å². The molecule has 2 rings (SSSR count). The first-order valence-electron chi connectivity index (χ1n) is 6.81. The van der Waals surface area contributed by atoms with Gasteiger partial charge in [0.25, 0.3) is 5.91 Å². The lowest BCUT2D eigenvalue weighted by Crippen LogP contribution is -2.35. The van der Waals surface area contributed by atoms with Crippen LogP contribution in [0.5, 0.6) is 0 Å². The second-order valence-electron chi connectivity index (χ2n) is 5.32. The third-order valence-corrected chi connectivity index (χ3v) is 3.86. The number of aryl methyl sites for hydroxylation is 1. The molecule has 1 aromatic heterocycles. The Balaban J connectivity index is 2.37. The first-order valence-corrected chi connectivity index (χ1v) is 7.22. The van der Waals surface area contributed by atoms with Gasteiger partial charge in [-0.15, -0.1) is 0 Å². The lowest BCUT2D eigenvalue weighted by Gasteiger charge is -2.21. The number of rotatable bonds is 4. The number of pyridine rings is 1. The van der Waals surface area contributed by atoms with E-state index in [-0.39, 0.29) is 11.8 Å². The molecular weight excluding hydrogens is 282 g/mol. The summed E-state index contributed by atoms with van der Waals surface area (Å²) in [6, 6.07) is 9.48. The molecule has 0 saturated heterocycles. The molecule has 0 fully saturated rings. The van der Waals surface area contributed by atoms with Crippen molar-refractivity contribution in [3.8, 4) is 0 Å². The summed E-state index contributed by atoms with van der Waals surface area (Å²) in [5.41, 5.74) is 7.94. The molecule has 2 aromatic rings. The molecular formula is C16H19N3OS. The standard InChI is InChI=1S/C16H19N3OS/c1-10(15(17)21)9-19(3)16(20)13-8-11(2)18-14-7-5-4-6-12(13)14/h4-8,10H,9H2,1-3H3,(H2,17,21). The molecule has 0 aliphatic heterocycles. The van der Waals surface area contributed by atoms with Gasteiger partial charge in [0.2, 0.25) is 0 Å². The highest BCUT2D eigenvalue weighted by molar-refractivity contribution is 7.80. The lowest BCUT2D eigenvalue weighted by atomic mass is 10.1. The molecule has 0 bridgehead atoms. The van der Waals surface area contributed by atoms with Crippen molar-refractivity contribution in [3.05, 3.63) is 41.6 Å². The van der Waals surface area contributed by atoms with Gasteiger partial charge in [-0.1, -0.05) is 37.3 Å². The van der Waals surface area contributed by atoms with Crippen molar-refractivity contribution in [2.24, 2.45) is 11.7 Å². The summed E-state index contributed by atoms with van der Waals surface area (Å²) in [4.78, 5) is 19.2. The molecule has 2 N–H and O–H groups in total. The predicted molar refractivity (Wildman–Crippen MR) is 89.4 cm³/mol. The van der Waals surface area contributed by atoms with Crippen LogP contribution in [0.4, 0.5) is 0 Å². The number of aromatic nitrogens is 1. The van der Waals surface area contributed by atoms with E-state index in [0.29, 0.717) is 17.1 Å². The molecule has 21 heavy (non-hydrogen) atoms. The molecule has 0 saturated carbocycles. The maximum absolute atomic E-state index is 12.7. The van der Waals surface area contributed by atoms with Crippen LogP contribution in [0.25, 0.3) is 10.9 Å². The van der Waals surface area contributed by atoms with E-state index < -0.39 is 0 Å². The molecule has 0 aliphatic rings. The van der Waals surface area contributed by atoms with Crippen LogP contribution >= 0.6 is 12.2 Å². The van der Waals surface area contributed by atoms with Crippen LogP contribution in [0.2, 0.25) is 0 Å². The molecule has 110 valence electrons. The molecule has 0 spiro atoms. The number of fused-ring (bicyclic) bond motifs is 1. The summed E-state index contributed by atoms with van der Waals surface area (Å²) in [5, 5.41) is 0.864. The van der Waals surface area contributed by atoms with Crippen LogP contribution in [0.15, 0.2) is 30.3 Å². The summed E-state index contributed by atoms with van der Waals surface area (Å²) in [6.45, 7) is 4.31. The van der Waals surface area contributed by atoms with E-state index in [4.69, 9.17) is 18.0 Å². The molecule has 5 heteroatoms. The van der Waals surface area contributed by atoms with Crippen molar-refractivity contribution >= 4 is 34.0 Å². The quantitative estimate of drug-likeness (QED) is 0.882. The zero-order valence-electron chi connectivity index (χ0n) is 12.5. The molecule has 0 radical (unpaired) electrons. The van der Waals surface area contributed by atoms with E-state index in [2.05, 4.69) is 4.98 Å². The number of benzene rings is 1. The summed E-state index contributed by atoms with van der Waals surface area (Å²) in [6.07, 6.45) is 0. The Morgan fingerprint density at radius 2 is 2.10 bits per heavy atom. The minimum absolute atomic E-state index is 0.0110. The van der Waals surface area contributed by atoms with Crippen LogP contribution < -0.4 is 5.73 Å². The smallest absolute Gasteiger partial charge is 0.254 e. The van der Waals surface area contributed by atoms with Gasteiger partial charge in [-0.3, -0.25) is 9.78 Å². The molecule has 1 aromatic carbocycles. The monoisotopic (exact) mass is 301 g/mol. The fraction of sp³-hybridized carbons (Fsp3) is 0.312. The first-order chi connectivity index (χ1) is 9.90. The number of nitrogens with zero attached hydrogens (tertiary/aromatic N) is 2. The fourth-order valence-electron chi connectivity index (χ4n) is 2.27.